The number of nitrogens with zero attached hydrogens (tertiary/aromatic N) is 1. The van der Waals surface area contributed by atoms with Crippen molar-refractivity contribution in [3.05, 3.63) is 69.0 Å². The standard InChI is InChI=1S/C20H17BrN2O3S/c1-13-4-2-7-16(10-13)22-18(24)8-9-23-19(25)17(27-20(23)26)12-14-5-3-6-15(21)11-14/h2-7,10-12H,8-9H2,1H3,(H,22,24). The Hall–Kier alpha value is -2.38. The van der Waals surface area contributed by atoms with Gasteiger partial charge in [0.25, 0.3) is 11.1 Å². The molecule has 0 aromatic heterocycles. The maximum atomic E-state index is 12.5. The van der Waals surface area contributed by atoms with Crippen LogP contribution in [0.4, 0.5) is 10.5 Å². The van der Waals surface area contributed by atoms with Crippen molar-refractivity contribution in [3.63, 3.8) is 0 Å². The summed E-state index contributed by atoms with van der Waals surface area (Å²) in [5.41, 5.74) is 2.56. The predicted octanol–water partition coefficient (Wildman–Crippen LogP) is 4.82. The number of hydrogen-bond acceptors (Lipinski definition) is 4. The van der Waals surface area contributed by atoms with E-state index in [0.717, 1.165) is 32.3 Å². The largest absolute Gasteiger partial charge is 0.326 e. The molecule has 5 nitrogen and oxygen atoms in total. The fourth-order valence-electron chi connectivity index (χ4n) is 2.60. The van der Waals surface area contributed by atoms with Gasteiger partial charge in [0.1, 0.15) is 0 Å². The van der Waals surface area contributed by atoms with Gasteiger partial charge < -0.3 is 5.32 Å². The highest BCUT2D eigenvalue weighted by Crippen LogP contribution is 2.32. The summed E-state index contributed by atoms with van der Waals surface area (Å²) in [7, 11) is 0. The second kappa shape index (κ2) is 8.54. The lowest BCUT2D eigenvalue weighted by Crippen LogP contribution is -2.31. The van der Waals surface area contributed by atoms with E-state index in [1.165, 1.54) is 0 Å². The Morgan fingerprint density at radius 1 is 1.19 bits per heavy atom. The molecule has 0 spiro atoms. The first-order chi connectivity index (χ1) is 12.9. The molecule has 0 atom stereocenters. The number of rotatable bonds is 5. The van der Waals surface area contributed by atoms with E-state index in [1.807, 2.05) is 49.4 Å². The molecular weight excluding hydrogens is 428 g/mol. The van der Waals surface area contributed by atoms with Crippen molar-refractivity contribution in [1.29, 1.82) is 0 Å². The highest BCUT2D eigenvalue weighted by molar-refractivity contribution is 9.10. The Kier molecular flexibility index (Phi) is 6.13. The van der Waals surface area contributed by atoms with Crippen molar-refractivity contribution >= 4 is 56.5 Å². The number of aryl methyl sites for hydroxylation is 1. The molecule has 27 heavy (non-hydrogen) atoms. The van der Waals surface area contributed by atoms with Crippen LogP contribution in [0.25, 0.3) is 6.08 Å². The van der Waals surface area contributed by atoms with E-state index in [-0.39, 0.29) is 30.0 Å². The summed E-state index contributed by atoms with van der Waals surface area (Å²) in [6, 6.07) is 14.9. The molecule has 1 fully saturated rings. The molecule has 0 radical (unpaired) electrons. The normalized spacial score (nSPS) is 15.5. The van der Waals surface area contributed by atoms with E-state index in [2.05, 4.69) is 21.2 Å². The summed E-state index contributed by atoms with van der Waals surface area (Å²) < 4.78 is 0.892. The third kappa shape index (κ3) is 5.08. The Labute approximate surface area is 169 Å². The van der Waals surface area contributed by atoms with Gasteiger partial charge in [0.2, 0.25) is 5.91 Å². The number of carbonyl (C=O) groups is 3. The first-order valence-electron chi connectivity index (χ1n) is 8.30. The molecule has 1 aliphatic heterocycles. The highest BCUT2D eigenvalue weighted by Gasteiger charge is 2.35. The first kappa shape index (κ1) is 19.4. The molecule has 7 heteroatoms. The number of imide groups is 1. The monoisotopic (exact) mass is 444 g/mol. The van der Waals surface area contributed by atoms with Gasteiger partial charge in [0.05, 0.1) is 4.91 Å². The number of carbonyl (C=O) groups excluding carboxylic acids is 3. The van der Waals surface area contributed by atoms with Crippen LogP contribution in [0, 0.1) is 6.92 Å². The van der Waals surface area contributed by atoms with E-state index < -0.39 is 0 Å². The molecule has 1 aliphatic rings. The van der Waals surface area contributed by atoms with Crippen molar-refractivity contribution in [2.45, 2.75) is 13.3 Å². The van der Waals surface area contributed by atoms with Crippen LogP contribution in [0.15, 0.2) is 57.9 Å². The topological polar surface area (TPSA) is 66.5 Å². The van der Waals surface area contributed by atoms with Crippen molar-refractivity contribution < 1.29 is 14.4 Å². The van der Waals surface area contributed by atoms with Crippen LogP contribution in [0.1, 0.15) is 17.5 Å². The third-order valence-corrected chi connectivity index (χ3v) is 5.28. The predicted molar refractivity (Wildman–Crippen MR) is 111 cm³/mol. The van der Waals surface area contributed by atoms with Crippen molar-refractivity contribution in [3.8, 4) is 0 Å². The zero-order valence-electron chi connectivity index (χ0n) is 14.6. The zero-order chi connectivity index (χ0) is 19.4. The van der Waals surface area contributed by atoms with Crippen molar-refractivity contribution in [2.75, 3.05) is 11.9 Å². The van der Waals surface area contributed by atoms with Gasteiger partial charge in [-0.05, 0) is 60.2 Å². The van der Waals surface area contributed by atoms with Gasteiger partial charge in [0, 0.05) is 23.1 Å². The van der Waals surface area contributed by atoms with E-state index >= 15 is 0 Å². The zero-order valence-corrected chi connectivity index (χ0v) is 17.0. The Balaban J connectivity index is 1.61. The minimum absolute atomic E-state index is 0.0517. The van der Waals surface area contributed by atoms with Crippen molar-refractivity contribution in [2.24, 2.45) is 0 Å². The summed E-state index contributed by atoms with van der Waals surface area (Å²) in [5.74, 6) is -0.607. The van der Waals surface area contributed by atoms with Gasteiger partial charge in [-0.3, -0.25) is 19.3 Å². The van der Waals surface area contributed by atoms with Crippen LogP contribution in [0.5, 0.6) is 0 Å². The first-order valence-corrected chi connectivity index (χ1v) is 9.91. The van der Waals surface area contributed by atoms with E-state index in [0.29, 0.717) is 10.6 Å². The molecule has 3 rings (SSSR count). The number of halogens is 1. The van der Waals surface area contributed by atoms with Crippen LogP contribution in [-0.2, 0) is 9.59 Å². The number of thioether (sulfide) groups is 1. The maximum absolute atomic E-state index is 12.5. The minimum Gasteiger partial charge on any atom is -0.326 e. The lowest BCUT2D eigenvalue weighted by atomic mass is 10.2. The second-order valence-electron chi connectivity index (χ2n) is 6.06. The summed E-state index contributed by atoms with van der Waals surface area (Å²) in [6.45, 7) is 1.99. The molecule has 1 heterocycles. The average molecular weight is 445 g/mol. The summed E-state index contributed by atoms with van der Waals surface area (Å²) in [5, 5.41) is 2.42. The number of amides is 3. The molecule has 3 amide bonds. The quantitative estimate of drug-likeness (QED) is 0.670. The van der Waals surface area contributed by atoms with Gasteiger partial charge in [-0.25, -0.2) is 0 Å². The number of benzene rings is 2. The Bertz CT molecular complexity index is 942. The van der Waals surface area contributed by atoms with Crippen LogP contribution in [0.3, 0.4) is 0 Å². The fraction of sp³-hybridized carbons (Fsp3) is 0.150. The Morgan fingerprint density at radius 2 is 1.96 bits per heavy atom. The summed E-state index contributed by atoms with van der Waals surface area (Å²) in [6.07, 6.45) is 1.73. The van der Waals surface area contributed by atoms with Crippen LogP contribution in [0.2, 0.25) is 0 Å². The van der Waals surface area contributed by atoms with Gasteiger partial charge in [0.15, 0.2) is 0 Å². The van der Waals surface area contributed by atoms with Gasteiger partial charge >= 0.3 is 0 Å². The van der Waals surface area contributed by atoms with E-state index in [9.17, 15) is 14.4 Å². The van der Waals surface area contributed by atoms with Crippen LogP contribution in [-0.4, -0.2) is 28.5 Å². The molecule has 0 bridgehead atoms. The molecule has 1 N–H and O–H groups in total. The summed E-state index contributed by atoms with van der Waals surface area (Å²) >= 11 is 4.27. The third-order valence-electron chi connectivity index (χ3n) is 3.88. The highest BCUT2D eigenvalue weighted by atomic mass is 79.9. The molecule has 0 unspecified atom stereocenters. The average Bonchev–Trinajstić information content (AvgIpc) is 2.86. The molecular formula is C20H17BrN2O3S. The maximum Gasteiger partial charge on any atom is 0.293 e. The number of hydrogen-bond donors (Lipinski definition) is 1. The SMILES string of the molecule is Cc1cccc(NC(=O)CCN2C(=O)SC(=Cc3cccc(Br)c3)C2=O)c1. The number of nitrogens with one attached hydrogen (secondary N) is 1. The van der Waals surface area contributed by atoms with Crippen LogP contribution < -0.4 is 5.32 Å². The fourth-order valence-corrected chi connectivity index (χ4v) is 3.88. The molecule has 2 aromatic rings. The lowest BCUT2D eigenvalue weighted by Gasteiger charge is -2.12. The van der Waals surface area contributed by atoms with Gasteiger partial charge in [-0.1, -0.05) is 40.2 Å². The second-order valence-corrected chi connectivity index (χ2v) is 7.96. The van der Waals surface area contributed by atoms with Crippen molar-refractivity contribution in [1.82, 2.24) is 4.90 Å². The Morgan fingerprint density at radius 3 is 2.70 bits per heavy atom. The summed E-state index contributed by atoms with van der Waals surface area (Å²) in [4.78, 5) is 38.2. The smallest absolute Gasteiger partial charge is 0.293 e. The molecule has 0 saturated carbocycles. The molecule has 2 aromatic carbocycles. The number of anilines is 1. The minimum atomic E-state index is -0.367. The molecule has 0 aliphatic carbocycles. The molecule has 1 saturated heterocycles. The van der Waals surface area contributed by atoms with Gasteiger partial charge in [-0.15, -0.1) is 0 Å². The van der Waals surface area contributed by atoms with E-state index in [4.69, 9.17) is 0 Å². The lowest BCUT2D eigenvalue weighted by molar-refractivity contribution is -0.123. The molecule has 138 valence electrons. The van der Waals surface area contributed by atoms with Gasteiger partial charge in [-0.2, -0.15) is 0 Å². The van der Waals surface area contributed by atoms with Crippen LogP contribution >= 0.6 is 27.7 Å². The van der Waals surface area contributed by atoms with E-state index in [1.54, 1.807) is 12.1 Å².